The third kappa shape index (κ3) is 4.31. The number of hydrogen-bond donors (Lipinski definition) is 1. The minimum Gasteiger partial charge on any atom is -0.507 e. The number of rotatable bonds is 3. The summed E-state index contributed by atoms with van der Waals surface area (Å²) in [6, 6.07) is 12.2. The van der Waals surface area contributed by atoms with Crippen LogP contribution in [0.4, 0.5) is 0 Å². The monoisotopic (exact) mass is 356 g/mol. The van der Waals surface area contributed by atoms with Gasteiger partial charge in [-0.25, -0.2) is 0 Å². The number of carbonyl (C=O) groups is 2. The van der Waals surface area contributed by atoms with Crippen LogP contribution in [-0.2, 0) is 16.0 Å². The van der Waals surface area contributed by atoms with E-state index >= 15 is 0 Å². The van der Waals surface area contributed by atoms with Crippen LogP contribution in [0.25, 0.3) is 0 Å². The molecule has 1 N–H and O–H groups in total. The fraction of sp³-hybridized carbons (Fsp3) is 0.111. The Kier molecular flexibility index (Phi) is 5.13. The molecule has 2 aromatic rings. The van der Waals surface area contributed by atoms with Gasteiger partial charge >= 0.3 is 0 Å². The molecule has 2 rings (SSSR count). The Morgan fingerprint density at radius 1 is 1.05 bits per heavy atom. The summed E-state index contributed by atoms with van der Waals surface area (Å²) in [6.07, 6.45) is 0.119. The normalized spacial score (nSPS) is 9.73. The third-order valence-electron chi connectivity index (χ3n) is 3.01. The van der Waals surface area contributed by atoms with E-state index in [0.717, 1.165) is 16.7 Å². The molecule has 4 heteroatoms. The summed E-state index contributed by atoms with van der Waals surface area (Å²) < 4.78 is 0.595. The minimum atomic E-state index is -0.429. The fourth-order valence-corrected chi connectivity index (χ4v) is 2.12. The van der Waals surface area contributed by atoms with Crippen molar-refractivity contribution in [2.45, 2.75) is 13.3 Å². The number of phenolic OH excluding ortho intramolecular Hbond substituents is 1. The van der Waals surface area contributed by atoms with E-state index in [1.54, 1.807) is 30.3 Å². The van der Waals surface area contributed by atoms with Crippen LogP contribution in [0.5, 0.6) is 5.75 Å². The van der Waals surface area contributed by atoms with Crippen molar-refractivity contribution < 1.29 is 14.7 Å². The summed E-state index contributed by atoms with van der Waals surface area (Å²) in [5.41, 5.74) is 2.38. The molecule has 0 aliphatic rings. The van der Waals surface area contributed by atoms with E-state index in [4.69, 9.17) is 0 Å². The summed E-state index contributed by atoms with van der Waals surface area (Å²) >= 11 is 3.24. The highest BCUT2D eigenvalue weighted by molar-refractivity contribution is 9.10. The van der Waals surface area contributed by atoms with Crippen molar-refractivity contribution in [2.24, 2.45) is 0 Å². The van der Waals surface area contributed by atoms with E-state index in [9.17, 15) is 14.7 Å². The van der Waals surface area contributed by atoms with Crippen molar-refractivity contribution >= 4 is 27.5 Å². The second-order valence-corrected chi connectivity index (χ2v) is 5.62. The molecule has 0 radical (unpaired) electrons. The van der Waals surface area contributed by atoms with Gasteiger partial charge in [-0.3, -0.25) is 9.59 Å². The van der Waals surface area contributed by atoms with Gasteiger partial charge in [0.05, 0.1) is 4.47 Å². The molecule has 0 atom stereocenters. The largest absolute Gasteiger partial charge is 0.507 e. The topological polar surface area (TPSA) is 54.4 Å². The van der Waals surface area contributed by atoms with Gasteiger partial charge in [0.15, 0.2) is 5.78 Å². The van der Waals surface area contributed by atoms with Crippen molar-refractivity contribution in [2.75, 3.05) is 0 Å². The maximum absolute atomic E-state index is 11.4. The Bertz CT molecular complexity index is 780. The van der Waals surface area contributed by atoms with E-state index in [1.165, 1.54) is 6.92 Å². The zero-order chi connectivity index (χ0) is 16.1. The number of halogens is 1. The van der Waals surface area contributed by atoms with Crippen molar-refractivity contribution in [1.29, 1.82) is 0 Å². The number of hydrogen-bond acceptors (Lipinski definition) is 3. The Balaban J connectivity index is 2.11. The first-order chi connectivity index (χ1) is 10.5. The molecule has 0 saturated carbocycles. The number of phenols is 1. The molecule has 3 nitrogen and oxygen atoms in total. The Morgan fingerprint density at radius 2 is 1.64 bits per heavy atom. The third-order valence-corrected chi connectivity index (χ3v) is 3.65. The maximum Gasteiger partial charge on any atom is 0.202 e. The first-order valence-corrected chi connectivity index (χ1v) is 7.38. The fourth-order valence-electron chi connectivity index (χ4n) is 1.74. The average molecular weight is 357 g/mol. The van der Waals surface area contributed by atoms with Gasteiger partial charge in [0.1, 0.15) is 5.75 Å². The molecule has 0 spiro atoms. The lowest BCUT2D eigenvalue weighted by molar-refractivity contribution is -0.134. The number of Topliss-reactive ketones (excluding diaryl/α,β-unsaturated/α-hetero) is 2. The number of carbonyl (C=O) groups excluding carboxylic acids is 2. The number of aromatic hydroxyl groups is 1. The van der Waals surface area contributed by atoms with E-state index in [-0.39, 0.29) is 12.2 Å². The highest BCUT2D eigenvalue weighted by atomic mass is 79.9. The lowest BCUT2D eigenvalue weighted by atomic mass is 10.1. The van der Waals surface area contributed by atoms with Crippen LogP contribution >= 0.6 is 15.9 Å². The predicted octanol–water partition coefficient (Wildman–Crippen LogP) is 3.26. The smallest absolute Gasteiger partial charge is 0.202 e. The quantitative estimate of drug-likeness (QED) is 0.678. The second kappa shape index (κ2) is 7.06. The van der Waals surface area contributed by atoms with Gasteiger partial charge in [0, 0.05) is 24.5 Å². The minimum absolute atomic E-state index is 0.119. The van der Waals surface area contributed by atoms with Crippen molar-refractivity contribution in [3.05, 3.63) is 63.6 Å². The zero-order valence-electron chi connectivity index (χ0n) is 11.9. The van der Waals surface area contributed by atoms with Gasteiger partial charge in [-0.05, 0) is 51.8 Å². The highest BCUT2D eigenvalue weighted by Crippen LogP contribution is 2.23. The maximum atomic E-state index is 11.4. The molecular weight excluding hydrogens is 344 g/mol. The van der Waals surface area contributed by atoms with Gasteiger partial charge in [-0.2, -0.15) is 0 Å². The first-order valence-electron chi connectivity index (χ1n) is 6.59. The molecule has 0 unspecified atom stereocenters. The van der Waals surface area contributed by atoms with E-state index in [2.05, 4.69) is 27.8 Å². The Morgan fingerprint density at radius 3 is 2.23 bits per heavy atom. The Hall–Kier alpha value is -2.38. The van der Waals surface area contributed by atoms with Crippen LogP contribution < -0.4 is 0 Å². The SMILES string of the molecule is CC(=O)C(=O)Cc1ccc(C#Cc2ccc(O)c(Br)c2)cc1. The molecule has 2 aromatic carbocycles. The van der Waals surface area contributed by atoms with Crippen molar-refractivity contribution in [3.63, 3.8) is 0 Å². The van der Waals surface area contributed by atoms with Crippen LogP contribution in [0, 0.1) is 11.8 Å². The molecule has 0 saturated heterocycles. The lowest BCUT2D eigenvalue weighted by Crippen LogP contribution is -2.12. The van der Waals surface area contributed by atoms with Gasteiger partial charge < -0.3 is 5.11 Å². The van der Waals surface area contributed by atoms with Gasteiger partial charge in [-0.15, -0.1) is 0 Å². The molecule has 0 heterocycles. The second-order valence-electron chi connectivity index (χ2n) is 4.77. The van der Waals surface area contributed by atoms with Crippen LogP contribution in [0.3, 0.4) is 0 Å². The molecular formula is C18H13BrO3. The zero-order valence-corrected chi connectivity index (χ0v) is 13.5. The van der Waals surface area contributed by atoms with Crippen LogP contribution in [0.15, 0.2) is 46.9 Å². The molecule has 0 aromatic heterocycles. The summed E-state index contributed by atoms with van der Waals surface area (Å²) in [6.45, 7) is 1.28. The molecule has 22 heavy (non-hydrogen) atoms. The summed E-state index contributed by atoms with van der Waals surface area (Å²) in [7, 11) is 0. The number of benzene rings is 2. The predicted molar refractivity (Wildman–Crippen MR) is 87.6 cm³/mol. The van der Waals surface area contributed by atoms with Crippen LogP contribution in [-0.4, -0.2) is 16.7 Å². The first kappa shape index (κ1) is 16.0. The Labute approximate surface area is 137 Å². The van der Waals surface area contributed by atoms with E-state index in [1.807, 2.05) is 12.1 Å². The molecule has 0 aliphatic carbocycles. The molecule has 110 valence electrons. The summed E-state index contributed by atoms with van der Waals surface area (Å²) in [4.78, 5) is 22.3. The van der Waals surface area contributed by atoms with Gasteiger partial charge in [0.25, 0.3) is 0 Å². The van der Waals surface area contributed by atoms with E-state index < -0.39 is 11.6 Å². The lowest BCUT2D eigenvalue weighted by Gasteiger charge is -1.99. The van der Waals surface area contributed by atoms with Gasteiger partial charge in [0.2, 0.25) is 5.78 Å². The number of ketones is 2. The molecule has 0 amide bonds. The molecule has 0 aliphatic heterocycles. The van der Waals surface area contributed by atoms with E-state index in [0.29, 0.717) is 4.47 Å². The van der Waals surface area contributed by atoms with Crippen LogP contribution in [0.1, 0.15) is 23.6 Å². The van der Waals surface area contributed by atoms with Crippen molar-refractivity contribution in [3.8, 4) is 17.6 Å². The standard InChI is InChI=1S/C18H13BrO3/c1-12(20)18(22)11-15-6-3-13(4-7-15)2-5-14-8-9-17(21)16(19)10-14/h3-4,6-10,21H,11H2,1H3. The van der Waals surface area contributed by atoms with Crippen LogP contribution in [0.2, 0.25) is 0 Å². The molecule has 0 bridgehead atoms. The van der Waals surface area contributed by atoms with Gasteiger partial charge in [-0.1, -0.05) is 24.0 Å². The summed E-state index contributed by atoms with van der Waals surface area (Å²) in [5.74, 6) is 5.35. The highest BCUT2D eigenvalue weighted by Gasteiger charge is 2.08. The molecule has 0 fully saturated rings. The average Bonchev–Trinajstić information content (AvgIpc) is 2.49. The van der Waals surface area contributed by atoms with Crippen molar-refractivity contribution in [1.82, 2.24) is 0 Å². The summed E-state index contributed by atoms with van der Waals surface area (Å²) in [5, 5.41) is 9.42.